The van der Waals surface area contributed by atoms with E-state index in [-0.39, 0.29) is 15.6 Å². The standard InChI is InChI=1S/C28H24F3NSSi/c1-17-24-22(28(29,30)31)16-32-25(27(24)33-26(17)18-10-6-5-7-11-18)20-14-19-12-8-9-13-21(19)23(15-20)34(2,3)4/h5-16H,1-4H3/i1D3. The van der Waals surface area contributed by atoms with Gasteiger partial charge in [-0.25, -0.2) is 0 Å². The van der Waals surface area contributed by atoms with Gasteiger partial charge in [0, 0.05) is 26.1 Å². The summed E-state index contributed by atoms with van der Waals surface area (Å²) in [5.41, 5.74) is 0.317. The Morgan fingerprint density at radius 1 is 0.912 bits per heavy atom. The lowest BCUT2D eigenvalue weighted by Crippen LogP contribution is -2.38. The summed E-state index contributed by atoms with van der Waals surface area (Å²) in [6.07, 6.45) is -3.97. The minimum atomic E-state index is -4.76. The molecule has 0 saturated carbocycles. The third-order valence-electron chi connectivity index (χ3n) is 6.00. The van der Waals surface area contributed by atoms with Crippen molar-refractivity contribution in [3.63, 3.8) is 0 Å². The molecule has 6 heteroatoms. The molecule has 0 aliphatic rings. The second-order valence-corrected chi connectivity index (χ2v) is 15.4. The van der Waals surface area contributed by atoms with Crippen LogP contribution in [0, 0.1) is 6.85 Å². The Kier molecular flexibility index (Phi) is 4.59. The molecule has 1 nitrogen and oxygen atoms in total. The van der Waals surface area contributed by atoms with Crippen LogP contribution in [-0.2, 0) is 6.18 Å². The summed E-state index contributed by atoms with van der Waals surface area (Å²) >= 11 is 1.06. The molecular formula is C28H24F3NSSi. The van der Waals surface area contributed by atoms with Crippen LogP contribution in [0.1, 0.15) is 15.2 Å². The van der Waals surface area contributed by atoms with Crippen LogP contribution in [0.4, 0.5) is 13.2 Å². The van der Waals surface area contributed by atoms with Crippen molar-refractivity contribution >= 4 is 45.5 Å². The molecule has 5 aromatic rings. The number of alkyl halides is 3. The molecule has 0 unspecified atom stereocenters. The number of halogens is 3. The average Bonchev–Trinajstić information content (AvgIpc) is 3.23. The fourth-order valence-corrected chi connectivity index (χ4v) is 7.26. The number of thiophene rings is 1. The van der Waals surface area contributed by atoms with E-state index >= 15 is 0 Å². The van der Waals surface area contributed by atoms with Crippen LogP contribution >= 0.6 is 11.3 Å². The molecule has 0 N–H and O–H groups in total. The van der Waals surface area contributed by atoms with Gasteiger partial charge < -0.3 is 0 Å². The van der Waals surface area contributed by atoms with Crippen molar-refractivity contribution in [1.29, 1.82) is 0 Å². The molecule has 0 fully saturated rings. The maximum absolute atomic E-state index is 14.2. The molecule has 2 aromatic heterocycles. The van der Waals surface area contributed by atoms with Crippen molar-refractivity contribution in [3.05, 3.63) is 84.1 Å². The third kappa shape index (κ3) is 3.85. The number of benzene rings is 3. The summed E-state index contributed by atoms with van der Waals surface area (Å²) in [4.78, 5) is 4.63. The van der Waals surface area contributed by atoms with E-state index in [1.165, 1.54) is 5.19 Å². The summed E-state index contributed by atoms with van der Waals surface area (Å²) in [7, 11) is -1.85. The fraction of sp³-hybridized carbons (Fsp3) is 0.179. The number of pyridine rings is 1. The Morgan fingerprint density at radius 3 is 2.29 bits per heavy atom. The zero-order chi connectivity index (χ0) is 26.8. The van der Waals surface area contributed by atoms with Gasteiger partial charge in [0.05, 0.1) is 24.0 Å². The van der Waals surface area contributed by atoms with Crippen molar-refractivity contribution in [1.82, 2.24) is 4.98 Å². The lowest BCUT2D eigenvalue weighted by atomic mass is 10.00. The fourth-order valence-electron chi connectivity index (χ4n) is 4.39. The van der Waals surface area contributed by atoms with E-state index in [1.807, 2.05) is 30.3 Å². The van der Waals surface area contributed by atoms with Gasteiger partial charge in [0.1, 0.15) is 0 Å². The Labute approximate surface area is 206 Å². The molecule has 0 aliphatic heterocycles. The number of aryl methyl sites for hydroxylation is 1. The summed E-state index contributed by atoms with van der Waals surface area (Å²) in [5, 5.41) is 2.98. The number of rotatable bonds is 3. The Morgan fingerprint density at radius 2 is 1.62 bits per heavy atom. The van der Waals surface area contributed by atoms with Crippen molar-refractivity contribution < 1.29 is 17.3 Å². The Hall–Kier alpha value is -2.96. The molecule has 172 valence electrons. The van der Waals surface area contributed by atoms with Crippen molar-refractivity contribution in [2.45, 2.75) is 32.7 Å². The number of hydrogen-bond acceptors (Lipinski definition) is 2. The summed E-state index contributed by atoms with van der Waals surface area (Å²) in [6.45, 7) is 3.91. The summed E-state index contributed by atoms with van der Waals surface area (Å²) < 4.78 is 67.6. The van der Waals surface area contributed by atoms with Gasteiger partial charge in [0.2, 0.25) is 0 Å². The molecule has 5 rings (SSSR count). The van der Waals surface area contributed by atoms with Crippen LogP contribution < -0.4 is 5.19 Å². The van der Waals surface area contributed by atoms with Crippen molar-refractivity contribution in [2.24, 2.45) is 0 Å². The van der Waals surface area contributed by atoms with Crippen LogP contribution in [-0.4, -0.2) is 13.1 Å². The number of nitrogens with zero attached hydrogens (tertiary/aromatic N) is 1. The molecular weight excluding hydrogens is 467 g/mol. The van der Waals surface area contributed by atoms with Gasteiger partial charge in [-0.3, -0.25) is 4.98 Å². The smallest absolute Gasteiger partial charge is 0.254 e. The average molecular weight is 495 g/mol. The van der Waals surface area contributed by atoms with Gasteiger partial charge in [-0.05, 0) is 34.8 Å². The number of fused-ring (bicyclic) bond motifs is 2. The largest absolute Gasteiger partial charge is 0.418 e. The Balaban J connectivity index is 1.94. The highest BCUT2D eigenvalue weighted by Gasteiger charge is 2.36. The maximum Gasteiger partial charge on any atom is 0.418 e. The molecule has 3 aromatic carbocycles. The van der Waals surface area contributed by atoms with Crippen LogP contribution in [0.5, 0.6) is 0 Å². The highest BCUT2D eigenvalue weighted by Crippen LogP contribution is 2.47. The minimum Gasteiger partial charge on any atom is -0.254 e. The molecule has 0 spiro atoms. The van der Waals surface area contributed by atoms with E-state index in [0.29, 0.717) is 21.7 Å². The third-order valence-corrected chi connectivity index (χ3v) is 9.28. The van der Waals surface area contributed by atoms with Gasteiger partial charge >= 0.3 is 6.18 Å². The van der Waals surface area contributed by atoms with E-state index in [4.69, 9.17) is 4.11 Å². The zero-order valence-corrected chi connectivity index (χ0v) is 20.7. The first-order valence-corrected chi connectivity index (χ1v) is 15.2. The molecule has 34 heavy (non-hydrogen) atoms. The first-order chi connectivity index (χ1) is 17.3. The van der Waals surface area contributed by atoms with Crippen LogP contribution in [0.3, 0.4) is 0 Å². The lowest BCUT2D eigenvalue weighted by molar-refractivity contribution is -0.136. The van der Waals surface area contributed by atoms with Gasteiger partial charge in [0.15, 0.2) is 0 Å². The molecule has 2 heterocycles. The SMILES string of the molecule is [2H]C([2H])([2H])c1c(-c2ccccc2)sc2c(-c3cc([Si](C)(C)C)c4ccccc4c3)ncc(C(F)(F)F)c12. The van der Waals surface area contributed by atoms with E-state index < -0.39 is 26.7 Å². The van der Waals surface area contributed by atoms with E-state index in [2.05, 4.69) is 30.7 Å². The highest BCUT2D eigenvalue weighted by molar-refractivity contribution is 7.23. The van der Waals surface area contributed by atoms with E-state index in [9.17, 15) is 13.2 Å². The monoisotopic (exact) mass is 494 g/mol. The van der Waals surface area contributed by atoms with Crippen molar-refractivity contribution in [2.75, 3.05) is 0 Å². The quantitative estimate of drug-likeness (QED) is 0.229. The molecule has 0 saturated heterocycles. The normalized spacial score (nSPS) is 14.2. The number of aromatic nitrogens is 1. The van der Waals surface area contributed by atoms with Gasteiger partial charge in [-0.15, -0.1) is 11.3 Å². The Bertz CT molecular complexity index is 1640. The summed E-state index contributed by atoms with van der Waals surface area (Å²) in [5.74, 6) is 0. The first-order valence-electron chi connectivity index (χ1n) is 12.4. The predicted octanol–water partition coefficient (Wildman–Crippen LogP) is 8.66. The van der Waals surface area contributed by atoms with Crippen LogP contribution in [0.2, 0.25) is 19.6 Å². The second kappa shape index (κ2) is 8.07. The van der Waals surface area contributed by atoms with E-state index in [1.54, 1.807) is 30.3 Å². The molecule has 0 aliphatic carbocycles. The second-order valence-electron chi connectivity index (χ2n) is 9.39. The van der Waals surface area contributed by atoms with Crippen LogP contribution in [0.15, 0.2) is 72.9 Å². The van der Waals surface area contributed by atoms with Gasteiger partial charge in [0.25, 0.3) is 0 Å². The molecule has 0 bridgehead atoms. The number of hydrogen-bond donors (Lipinski definition) is 0. The lowest BCUT2D eigenvalue weighted by Gasteiger charge is -2.21. The van der Waals surface area contributed by atoms with Crippen molar-refractivity contribution in [3.8, 4) is 21.7 Å². The molecule has 0 atom stereocenters. The maximum atomic E-state index is 14.2. The van der Waals surface area contributed by atoms with Gasteiger partial charge in [-0.1, -0.05) is 85.5 Å². The topological polar surface area (TPSA) is 12.9 Å². The molecule has 0 amide bonds. The zero-order valence-electron chi connectivity index (χ0n) is 21.9. The van der Waals surface area contributed by atoms with E-state index in [0.717, 1.165) is 28.3 Å². The minimum absolute atomic E-state index is 0.233. The predicted molar refractivity (Wildman–Crippen MR) is 141 cm³/mol. The van der Waals surface area contributed by atoms with Crippen LogP contribution in [0.25, 0.3) is 42.6 Å². The highest BCUT2D eigenvalue weighted by atomic mass is 32.1. The van der Waals surface area contributed by atoms with Gasteiger partial charge in [-0.2, -0.15) is 13.2 Å². The summed E-state index contributed by atoms with van der Waals surface area (Å²) in [6, 6.07) is 20.6. The molecule has 0 radical (unpaired) electrons. The first kappa shape index (κ1) is 19.4.